The highest BCUT2D eigenvalue weighted by molar-refractivity contribution is 5.44. The van der Waals surface area contributed by atoms with Crippen molar-refractivity contribution in [2.24, 2.45) is 12.8 Å². The Bertz CT molecular complexity index is 583. The van der Waals surface area contributed by atoms with Gasteiger partial charge in [-0.3, -0.25) is 4.68 Å². The minimum Gasteiger partial charge on any atom is -0.496 e. The van der Waals surface area contributed by atoms with E-state index in [1.54, 1.807) is 30.1 Å². The lowest BCUT2D eigenvalue weighted by atomic mass is 10.0. The number of methoxy groups -OCH3 is 2. The zero-order chi connectivity index (χ0) is 14.0. The summed E-state index contributed by atoms with van der Waals surface area (Å²) in [7, 11) is 4.72. The van der Waals surface area contributed by atoms with Gasteiger partial charge in [0.05, 0.1) is 32.0 Å². The molecule has 0 bridgehead atoms. The van der Waals surface area contributed by atoms with E-state index in [1.165, 1.54) is 20.3 Å². The van der Waals surface area contributed by atoms with E-state index in [9.17, 15) is 4.39 Å². The molecular formula is C13H16FN3O2. The Balaban J connectivity index is 2.55. The van der Waals surface area contributed by atoms with Crippen molar-refractivity contribution in [3.63, 3.8) is 0 Å². The standard InChI is InChI=1S/C13H16FN3O2/c1-17-13(10(19-3)7-16-17)12(15)11-8(14)5-4-6-9(11)18-2/h4-7,12H,15H2,1-3H3. The average molecular weight is 265 g/mol. The molecule has 1 aromatic heterocycles. The maximum absolute atomic E-state index is 14.0. The monoisotopic (exact) mass is 265 g/mol. The molecule has 0 spiro atoms. The Morgan fingerprint density at radius 3 is 2.58 bits per heavy atom. The van der Waals surface area contributed by atoms with Crippen LogP contribution in [0, 0.1) is 5.82 Å². The summed E-state index contributed by atoms with van der Waals surface area (Å²) in [6, 6.07) is 3.87. The molecule has 5 nitrogen and oxygen atoms in total. The lowest BCUT2D eigenvalue weighted by Crippen LogP contribution is -2.19. The summed E-state index contributed by atoms with van der Waals surface area (Å²) in [6.07, 6.45) is 1.54. The molecule has 0 amide bonds. The van der Waals surface area contributed by atoms with Crippen molar-refractivity contribution < 1.29 is 13.9 Å². The van der Waals surface area contributed by atoms with Gasteiger partial charge in [0.2, 0.25) is 0 Å². The summed E-state index contributed by atoms with van der Waals surface area (Å²) < 4.78 is 25.9. The summed E-state index contributed by atoms with van der Waals surface area (Å²) in [5.74, 6) is 0.492. The Labute approximate surface area is 110 Å². The molecule has 1 atom stereocenters. The summed E-state index contributed by atoms with van der Waals surface area (Å²) in [4.78, 5) is 0. The Kier molecular flexibility index (Phi) is 3.71. The first-order valence-corrected chi connectivity index (χ1v) is 5.74. The van der Waals surface area contributed by atoms with Crippen molar-refractivity contribution in [3.8, 4) is 11.5 Å². The molecular weight excluding hydrogens is 249 g/mol. The topological polar surface area (TPSA) is 62.3 Å². The Hall–Kier alpha value is -2.08. The van der Waals surface area contributed by atoms with E-state index in [0.717, 1.165) is 0 Å². The van der Waals surface area contributed by atoms with Gasteiger partial charge in [-0.25, -0.2) is 4.39 Å². The molecule has 0 saturated carbocycles. The number of aryl methyl sites for hydroxylation is 1. The van der Waals surface area contributed by atoms with E-state index < -0.39 is 11.9 Å². The summed E-state index contributed by atoms with van der Waals surface area (Å²) in [6.45, 7) is 0. The van der Waals surface area contributed by atoms with Gasteiger partial charge < -0.3 is 15.2 Å². The predicted molar refractivity (Wildman–Crippen MR) is 68.7 cm³/mol. The van der Waals surface area contributed by atoms with Crippen LogP contribution in [0.2, 0.25) is 0 Å². The van der Waals surface area contributed by atoms with Gasteiger partial charge in [-0.05, 0) is 12.1 Å². The molecule has 6 heteroatoms. The molecule has 0 radical (unpaired) electrons. The van der Waals surface area contributed by atoms with E-state index in [2.05, 4.69) is 5.10 Å². The SMILES string of the molecule is COc1cccc(F)c1C(N)c1c(OC)cnn1C. The maximum Gasteiger partial charge on any atom is 0.161 e. The van der Waals surface area contributed by atoms with Gasteiger partial charge in [0.15, 0.2) is 5.75 Å². The fourth-order valence-corrected chi connectivity index (χ4v) is 2.07. The average Bonchev–Trinajstić information content (AvgIpc) is 2.78. The van der Waals surface area contributed by atoms with Gasteiger partial charge >= 0.3 is 0 Å². The normalized spacial score (nSPS) is 12.3. The van der Waals surface area contributed by atoms with Crippen molar-refractivity contribution in [2.45, 2.75) is 6.04 Å². The first-order valence-electron chi connectivity index (χ1n) is 5.74. The summed E-state index contributed by atoms with van der Waals surface area (Å²) in [5.41, 5.74) is 7.03. The Morgan fingerprint density at radius 2 is 1.95 bits per heavy atom. The van der Waals surface area contributed by atoms with E-state index in [4.69, 9.17) is 15.2 Å². The van der Waals surface area contributed by atoms with Gasteiger partial charge in [-0.1, -0.05) is 6.07 Å². The van der Waals surface area contributed by atoms with Gasteiger partial charge in [0.25, 0.3) is 0 Å². The molecule has 0 saturated heterocycles. The van der Waals surface area contributed by atoms with Crippen molar-refractivity contribution in [3.05, 3.63) is 41.5 Å². The molecule has 2 N–H and O–H groups in total. The van der Waals surface area contributed by atoms with Crippen LogP contribution in [-0.4, -0.2) is 24.0 Å². The molecule has 0 aliphatic heterocycles. The maximum atomic E-state index is 14.0. The molecule has 1 aromatic carbocycles. The van der Waals surface area contributed by atoms with Crippen LogP contribution in [0.1, 0.15) is 17.3 Å². The number of nitrogens with two attached hydrogens (primary N) is 1. The molecule has 1 heterocycles. The number of ether oxygens (including phenoxy) is 2. The van der Waals surface area contributed by atoms with E-state index in [0.29, 0.717) is 17.2 Å². The molecule has 102 valence electrons. The second-order valence-corrected chi connectivity index (χ2v) is 4.06. The van der Waals surface area contributed by atoms with Crippen LogP contribution < -0.4 is 15.2 Å². The first-order chi connectivity index (χ1) is 9.10. The van der Waals surface area contributed by atoms with E-state index in [-0.39, 0.29) is 5.56 Å². The predicted octanol–water partition coefficient (Wildman–Crippen LogP) is 1.62. The van der Waals surface area contributed by atoms with Gasteiger partial charge in [-0.2, -0.15) is 5.10 Å². The summed E-state index contributed by atoms with van der Waals surface area (Å²) in [5, 5.41) is 4.07. The number of aromatic nitrogens is 2. The second-order valence-electron chi connectivity index (χ2n) is 4.06. The summed E-state index contributed by atoms with van der Waals surface area (Å²) >= 11 is 0. The molecule has 19 heavy (non-hydrogen) atoms. The fourth-order valence-electron chi connectivity index (χ4n) is 2.07. The number of hydrogen-bond acceptors (Lipinski definition) is 4. The van der Waals surface area contributed by atoms with Crippen LogP contribution in [0.3, 0.4) is 0 Å². The van der Waals surface area contributed by atoms with Gasteiger partial charge in [0, 0.05) is 7.05 Å². The Morgan fingerprint density at radius 1 is 1.26 bits per heavy atom. The quantitative estimate of drug-likeness (QED) is 0.912. The molecule has 0 aliphatic carbocycles. The number of benzene rings is 1. The molecule has 2 rings (SSSR count). The number of halogens is 1. The largest absolute Gasteiger partial charge is 0.496 e. The minimum atomic E-state index is -0.724. The van der Waals surface area contributed by atoms with Crippen LogP contribution in [0.5, 0.6) is 11.5 Å². The molecule has 1 unspecified atom stereocenters. The van der Waals surface area contributed by atoms with E-state index >= 15 is 0 Å². The number of nitrogens with zero attached hydrogens (tertiary/aromatic N) is 2. The second kappa shape index (κ2) is 5.27. The van der Waals surface area contributed by atoms with Crippen LogP contribution in [0.15, 0.2) is 24.4 Å². The lowest BCUT2D eigenvalue weighted by molar-refractivity contribution is 0.393. The number of hydrogen-bond donors (Lipinski definition) is 1. The molecule has 0 fully saturated rings. The minimum absolute atomic E-state index is 0.284. The third-order valence-electron chi connectivity index (χ3n) is 3.01. The highest BCUT2D eigenvalue weighted by Crippen LogP contribution is 2.34. The first kappa shape index (κ1) is 13.4. The highest BCUT2D eigenvalue weighted by atomic mass is 19.1. The van der Waals surface area contributed by atoms with Crippen LogP contribution in [0.25, 0.3) is 0 Å². The van der Waals surface area contributed by atoms with Crippen molar-refractivity contribution in [2.75, 3.05) is 14.2 Å². The zero-order valence-electron chi connectivity index (χ0n) is 11.1. The lowest BCUT2D eigenvalue weighted by Gasteiger charge is -2.17. The third-order valence-corrected chi connectivity index (χ3v) is 3.01. The van der Waals surface area contributed by atoms with Crippen molar-refractivity contribution >= 4 is 0 Å². The van der Waals surface area contributed by atoms with E-state index in [1.807, 2.05) is 0 Å². The van der Waals surface area contributed by atoms with Crippen LogP contribution >= 0.6 is 0 Å². The molecule has 2 aromatic rings. The van der Waals surface area contributed by atoms with Crippen molar-refractivity contribution in [1.29, 1.82) is 0 Å². The van der Waals surface area contributed by atoms with Crippen LogP contribution in [0.4, 0.5) is 4.39 Å². The highest BCUT2D eigenvalue weighted by Gasteiger charge is 2.24. The number of rotatable bonds is 4. The fraction of sp³-hybridized carbons (Fsp3) is 0.308. The smallest absolute Gasteiger partial charge is 0.161 e. The molecule has 0 aliphatic rings. The zero-order valence-corrected chi connectivity index (χ0v) is 11.1. The van der Waals surface area contributed by atoms with Crippen LogP contribution in [-0.2, 0) is 7.05 Å². The van der Waals surface area contributed by atoms with Crippen molar-refractivity contribution in [1.82, 2.24) is 9.78 Å². The third kappa shape index (κ3) is 2.26. The van der Waals surface area contributed by atoms with Gasteiger partial charge in [-0.15, -0.1) is 0 Å². The van der Waals surface area contributed by atoms with Gasteiger partial charge in [0.1, 0.15) is 17.3 Å².